The number of hydrogen-bond donors (Lipinski definition) is 2. The Morgan fingerprint density at radius 1 is 1.17 bits per heavy atom. The van der Waals surface area contributed by atoms with Crippen LogP contribution in [0.4, 0.5) is 13.2 Å². The maximum atomic E-state index is 12.1. The molecule has 0 amide bonds. The van der Waals surface area contributed by atoms with Crippen molar-refractivity contribution in [2.75, 3.05) is 53.0 Å². The van der Waals surface area contributed by atoms with Crippen LogP contribution in [0.25, 0.3) is 0 Å². The van der Waals surface area contributed by atoms with Crippen LogP contribution in [0.15, 0.2) is 29.3 Å². The molecule has 0 bridgehead atoms. The summed E-state index contributed by atoms with van der Waals surface area (Å²) in [6.45, 7) is 6.88. The first-order chi connectivity index (χ1) is 13.9. The highest BCUT2D eigenvalue weighted by Crippen LogP contribution is 2.15. The number of nitrogens with one attached hydrogen (secondary N) is 2. The fraction of sp³-hybridized carbons (Fsp3) is 0.650. The van der Waals surface area contributed by atoms with E-state index in [9.17, 15) is 13.2 Å². The molecule has 9 heteroatoms. The molecule has 2 rings (SSSR count). The standard InChI is InChI=1S/C20H31F3N4O2/c1-16(13-27-7-9-28-10-8-27)11-25-19(24-2)26-12-17-3-5-18(6-4-17)14-29-15-20(21,22)23/h3-6,16H,7-15H2,1-2H3,(H2,24,25,26). The van der Waals surface area contributed by atoms with Gasteiger partial charge in [0.15, 0.2) is 5.96 Å². The van der Waals surface area contributed by atoms with Gasteiger partial charge in [0.25, 0.3) is 0 Å². The Morgan fingerprint density at radius 3 is 2.45 bits per heavy atom. The van der Waals surface area contributed by atoms with Crippen molar-refractivity contribution in [2.45, 2.75) is 26.3 Å². The maximum Gasteiger partial charge on any atom is 0.411 e. The molecule has 0 saturated carbocycles. The van der Waals surface area contributed by atoms with E-state index in [1.807, 2.05) is 12.1 Å². The Kier molecular flexibility index (Phi) is 9.69. The molecule has 1 unspecified atom stereocenters. The van der Waals surface area contributed by atoms with Gasteiger partial charge in [-0.25, -0.2) is 0 Å². The third-order valence-electron chi connectivity index (χ3n) is 4.53. The van der Waals surface area contributed by atoms with Crippen molar-refractivity contribution >= 4 is 5.96 Å². The van der Waals surface area contributed by atoms with E-state index in [2.05, 4.69) is 32.2 Å². The Bertz CT molecular complexity index is 617. The molecule has 0 aromatic heterocycles. The summed E-state index contributed by atoms with van der Waals surface area (Å²) < 4.78 is 46.4. The zero-order chi connectivity index (χ0) is 21.1. The first-order valence-electron chi connectivity index (χ1n) is 9.82. The Labute approximate surface area is 170 Å². The van der Waals surface area contributed by atoms with Gasteiger partial charge >= 0.3 is 6.18 Å². The van der Waals surface area contributed by atoms with E-state index in [4.69, 9.17) is 4.74 Å². The van der Waals surface area contributed by atoms with Crippen molar-refractivity contribution in [1.29, 1.82) is 0 Å². The number of ether oxygens (including phenoxy) is 2. The Hall–Kier alpha value is -1.84. The average Bonchev–Trinajstić information content (AvgIpc) is 2.69. The van der Waals surface area contributed by atoms with Crippen LogP contribution in [0.1, 0.15) is 18.1 Å². The topological polar surface area (TPSA) is 58.1 Å². The van der Waals surface area contributed by atoms with Crippen LogP contribution in [-0.2, 0) is 22.6 Å². The van der Waals surface area contributed by atoms with Gasteiger partial charge in [0.1, 0.15) is 6.61 Å². The van der Waals surface area contributed by atoms with Gasteiger partial charge in [-0.15, -0.1) is 0 Å². The molecular formula is C20H31F3N4O2. The third kappa shape index (κ3) is 9.96. The predicted octanol–water partition coefficient (Wildman–Crippen LogP) is 2.40. The van der Waals surface area contributed by atoms with Gasteiger partial charge in [-0.05, 0) is 17.0 Å². The van der Waals surface area contributed by atoms with Crippen LogP contribution in [0.3, 0.4) is 0 Å². The summed E-state index contributed by atoms with van der Waals surface area (Å²) in [5.41, 5.74) is 1.71. The number of rotatable bonds is 9. The van der Waals surface area contributed by atoms with Gasteiger partial charge in [-0.3, -0.25) is 9.89 Å². The number of halogens is 3. The van der Waals surface area contributed by atoms with E-state index in [1.54, 1.807) is 19.2 Å². The van der Waals surface area contributed by atoms with Crippen LogP contribution in [0.2, 0.25) is 0 Å². The smallest absolute Gasteiger partial charge is 0.379 e. The van der Waals surface area contributed by atoms with Crippen molar-refractivity contribution in [3.8, 4) is 0 Å². The lowest BCUT2D eigenvalue weighted by Gasteiger charge is -2.29. The quantitative estimate of drug-likeness (QED) is 0.478. The van der Waals surface area contributed by atoms with Crippen LogP contribution >= 0.6 is 0 Å². The first-order valence-corrected chi connectivity index (χ1v) is 9.82. The second-order valence-electron chi connectivity index (χ2n) is 7.25. The first kappa shape index (κ1) is 23.4. The number of guanidine groups is 1. The molecule has 1 aromatic rings. The van der Waals surface area contributed by atoms with Crippen LogP contribution in [0, 0.1) is 5.92 Å². The fourth-order valence-corrected chi connectivity index (χ4v) is 3.00. The molecule has 1 aliphatic heterocycles. The number of hydrogen-bond acceptors (Lipinski definition) is 4. The monoisotopic (exact) mass is 416 g/mol. The molecule has 1 heterocycles. The normalized spacial score (nSPS) is 17.2. The number of nitrogens with zero attached hydrogens (tertiary/aromatic N) is 2. The summed E-state index contributed by atoms with van der Waals surface area (Å²) in [6, 6.07) is 7.28. The number of alkyl halides is 3. The second kappa shape index (κ2) is 12.0. The van der Waals surface area contributed by atoms with Gasteiger partial charge in [0.05, 0.1) is 19.8 Å². The lowest BCUT2D eigenvalue weighted by atomic mass is 10.1. The average molecular weight is 416 g/mol. The predicted molar refractivity (Wildman–Crippen MR) is 107 cm³/mol. The summed E-state index contributed by atoms with van der Waals surface area (Å²) in [6.07, 6.45) is -4.30. The Morgan fingerprint density at radius 2 is 1.83 bits per heavy atom. The van der Waals surface area contributed by atoms with E-state index in [0.29, 0.717) is 18.0 Å². The van der Waals surface area contributed by atoms with Gasteiger partial charge in [0, 0.05) is 39.8 Å². The van der Waals surface area contributed by atoms with Gasteiger partial charge in [0.2, 0.25) is 0 Å². The summed E-state index contributed by atoms with van der Waals surface area (Å²) in [4.78, 5) is 6.65. The second-order valence-corrected chi connectivity index (χ2v) is 7.25. The zero-order valence-electron chi connectivity index (χ0n) is 17.1. The molecule has 6 nitrogen and oxygen atoms in total. The van der Waals surface area contributed by atoms with E-state index in [-0.39, 0.29) is 6.61 Å². The molecule has 1 aliphatic rings. The van der Waals surface area contributed by atoms with Gasteiger partial charge < -0.3 is 20.1 Å². The molecule has 0 radical (unpaired) electrons. The minimum absolute atomic E-state index is 0.0581. The fourth-order valence-electron chi connectivity index (χ4n) is 3.00. The minimum atomic E-state index is -4.30. The summed E-state index contributed by atoms with van der Waals surface area (Å²) in [7, 11) is 1.73. The summed E-state index contributed by atoms with van der Waals surface area (Å²) in [5, 5.41) is 6.59. The summed E-state index contributed by atoms with van der Waals surface area (Å²) in [5.74, 6) is 1.19. The molecule has 1 aromatic carbocycles. The van der Waals surface area contributed by atoms with Crippen LogP contribution < -0.4 is 10.6 Å². The summed E-state index contributed by atoms with van der Waals surface area (Å²) >= 11 is 0. The zero-order valence-corrected chi connectivity index (χ0v) is 17.1. The molecule has 1 saturated heterocycles. The Balaban J connectivity index is 1.67. The lowest BCUT2D eigenvalue weighted by Crippen LogP contribution is -2.43. The van der Waals surface area contributed by atoms with Crippen molar-refractivity contribution in [3.63, 3.8) is 0 Å². The van der Waals surface area contributed by atoms with Crippen molar-refractivity contribution < 1.29 is 22.6 Å². The molecule has 29 heavy (non-hydrogen) atoms. The molecule has 2 N–H and O–H groups in total. The highest BCUT2D eigenvalue weighted by Gasteiger charge is 2.27. The molecule has 1 fully saturated rings. The number of benzene rings is 1. The highest BCUT2D eigenvalue weighted by molar-refractivity contribution is 5.79. The molecule has 0 aliphatic carbocycles. The van der Waals surface area contributed by atoms with E-state index >= 15 is 0 Å². The van der Waals surface area contributed by atoms with Crippen molar-refractivity contribution in [2.24, 2.45) is 10.9 Å². The molecule has 1 atom stereocenters. The van der Waals surface area contributed by atoms with Gasteiger partial charge in [-0.1, -0.05) is 31.2 Å². The number of aliphatic imine (C=N–C) groups is 1. The van der Waals surface area contributed by atoms with Crippen LogP contribution in [0.5, 0.6) is 0 Å². The molecule has 164 valence electrons. The van der Waals surface area contributed by atoms with E-state index in [1.165, 1.54) is 0 Å². The van der Waals surface area contributed by atoms with E-state index < -0.39 is 12.8 Å². The third-order valence-corrected chi connectivity index (χ3v) is 4.53. The molecule has 0 spiro atoms. The largest absolute Gasteiger partial charge is 0.411 e. The SMILES string of the molecule is CN=C(NCc1ccc(COCC(F)(F)F)cc1)NCC(C)CN1CCOCC1. The lowest BCUT2D eigenvalue weighted by molar-refractivity contribution is -0.176. The van der Waals surface area contributed by atoms with E-state index in [0.717, 1.165) is 50.9 Å². The van der Waals surface area contributed by atoms with Crippen molar-refractivity contribution in [1.82, 2.24) is 15.5 Å². The number of morpholine rings is 1. The minimum Gasteiger partial charge on any atom is -0.379 e. The van der Waals surface area contributed by atoms with Gasteiger partial charge in [-0.2, -0.15) is 13.2 Å². The maximum absolute atomic E-state index is 12.1. The van der Waals surface area contributed by atoms with Crippen LogP contribution in [-0.4, -0.2) is 70.1 Å². The van der Waals surface area contributed by atoms with Crippen molar-refractivity contribution in [3.05, 3.63) is 35.4 Å². The molecular weight excluding hydrogens is 385 g/mol. The highest BCUT2D eigenvalue weighted by atomic mass is 19.4.